The van der Waals surface area contributed by atoms with Crippen LogP contribution >= 0.6 is 15.9 Å². The highest BCUT2D eigenvalue weighted by molar-refractivity contribution is 9.10. The maximum absolute atomic E-state index is 5.99. The Hall–Kier alpha value is -1.33. The van der Waals surface area contributed by atoms with Gasteiger partial charge in [0.15, 0.2) is 0 Å². The summed E-state index contributed by atoms with van der Waals surface area (Å²) in [5, 5.41) is 4.15. The van der Waals surface area contributed by atoms with Crippen LogP contribution in [0.3, 0.4) is 0 Å². The van der Waals surface area contributed by atoms with Crippen LogP contribution in [0.4, 0.5) is 0 Å². The van der Waals surface area contributed by atoms with Crippen LogP contribution in [0, 0.1) is 6.92 Å². The first-order valence-corrected chi connectivity index (χ1v) is 7.40. The van der Waals surface area contributed by atoms with Gasteiger partial charge in [-0.25, -0.2) is 0 Å². The molecule has 4 nitrogen and oxygen atoms in total. The molecule has 1 heterocycles. The number of nitrogens with two attached hydrogens (primary N) is 1. The van der Waals surface area contributed by atoms with Crippen molar-refractivity contribution in [3.8, 4) is 5.75 Å². The molecule has 0 radical (unpaired) electrons. The average Bonchev–Trinajstić information content (AvgIpc) is 2.73. The predicted octanol–water partition coefficient (Wildman–Crippen LogP) is 2.96. The standard InChI is InChI=1S/C15H20BrN3O/c1-10-4-14(16)6-13(5-11(2)17)15(10)20-9-12-7-18-19(3)8-12/h4,6-8,11H,5,9,17H2,1-3H3. The van der Waals surface area contributed by atoms with Crippen molar-refractivity contribution < 1.29 is 4.74 Å². The molecule has 2 aromatic rings. The molecule has 0 amide bonds. The SMILES string of the molecule is Cc1cc(Br)cc(CC(C)N)c1OCc1cnn(C)c1. The van der Waals surface area contributed by atoms with E-state index < -0.39 is 0 Å². The lowest BCUT2D eigenvalue weighted by Gasteiger charge is -2.16. The van der Waals surface area contributed by atoms with Gasteiger partial charge >= 0.3 is 0 Å². The molecule has 0 aliphatic carbocycles. The molecule has 2 N–H and O–H groups in total. The molecule has 1 aromatic carbocycles. The van der Waals surface area contributed by atoms with E-state index in [1.165, 1.54) is 0 Å². The molecule has 0 saturated carbocycles. The highest BCUT2D eigenvalue weighted by Gasteiger charge is 2.11. The predicted molar refractivity (Wildman–Crippen MR) is 83.8 cm³/mol. The summed E-state index contributed by atoms with van der Waals surface area (Å²) in [4.78, 5) is 0. The van der Waals surface area contributed by atoms with E-state index in [-0.39, 0.29) is 6.04 Å². The van der Waals surface area contributed by atoms with Gasteiger partial charge in [-0.3, -0.25) is 4.68 Å². The van der Waals surface area contributed by atoms with Crippen LogP contribution in [0.15, 0.2) is 29.0 Å². The zero-order valence-corrected chi connectivity index (χ0v) is 13.6. The summed E-state index contributed by atoms with van der Waals surface area (Å²) in [5.41, 5.74) is 9.22. The number of halogens is 1. The van der Waals surface area contributed by atoms with Crippen LogP contribution in [-0.4, -0.2) is 15.8 Å². The van der Waals surface area contributed by atoms with Gasteiger partial charge in [0.2, 0.25) is 0 Å². The fraction of sp³-hybridized carbons (Fsp3) is 0.400. The topological polar surface area (TPSA) is 53.1 Å². The third-order valence-corrected chi connectivity index (χ3v) is 3.46. The Morgan fingerprint density at radius 2 is 2.20 bits per heavy atom. The van der Waals surface area contributed by atoms with E-state index in [4.69, 9.17) is 10.5 Å². The highest BCUT2D eigenvalue weighted by Crippen LogP contribution is 2.29. The van der Waals surface area contributed by atoms with Crippen LogP contribution in [0.25, 0.3) is 0 Å². The smallest absolute Gasteiger partial charge is 0.126 e. The summed E-state index contributed by atoms with van der Waals surface area (Å²) >= 11 is 3.53. The third-order valence-electron chi connectivity index (χ3n) is 3.00. The van der Waals surface area contributed by atoms with Crippen molar-refractivity contribution in [3.63, 3.8) is 0 Å². The van der Waals surface area contributed by atoms with Crippen LogP contribution in [0.1, 0.15) is 23.6 Å². The van der Waals surface area contributed by atoms with E-state index in [0.717, 1.165) is 33.3 Å². The molecular weight excluding hydrogens is 318 g/mol. The first-order chi connectivity index (χ1) is 9.45. The van der Waals surface area contributed by atoms with Crippen molar-refractivity contribution in [2.45, 2.75) is 32.9 Å². The Balaban J connectivity index is 2.20. The number of aromatic nitrogens is 2. The maximum Gasteiger partial charge on any atom is 0.126 e. The number of hydrogen-bond acceptors (Lipinski definition) is 3. The zero-order chi connectivity index (χ0) is 14.7. The second kappa shape index (κ2) is 6.41. The van der Waals surface area contributed by atoms with E-state index in [1.54, 1.807) is 4.68 Å². The molecule has 5 heteroatoms. The minimum atomic E-state index is 0.101. The fourth-order valence-electron chi connectivity index (χ4n) is 2.21. The number of aryl methyl sites for hydroxylation is 2. The largest absolute Gasteiger partial charge is 0.488 e. The van der Waals surface area contributed by atoms with Gasteiger partial charge in [-0.2, -0.15) is 5.10 Å². The van der Waals surface area contributed by atoms with Crippen molar-refractivity contribution in [2.24, 2.45) is 12.8 Å². The number of ether oxygens (including phenoxy) is 1. The molecule has 1 atom stereocenters. The molecule has 1 unspecified atom stereocenters. The van der Waals surface area contributed by atoms with Crippen LogP contribution in [0.5, 0.6) is 5.75 Å². The Morgan fingerprint density at radius 3 is 2.80 bits per heavy atom. The monoisotopic (exact) mass is 337 g/mol. The summed E-state index contributed by atoms with van der Waals surface area (Å²) in [6, 6.07) is 4.24. The second-order valence-corrected chi connectivity index (χ2v) is 6.12. The van der Waals surface area contributed by atoms with Gasteiger partial charge < -0.3 is 10.5 Å². The molecule has 1 aromatic heterocycles. The molecular formula is C15H20BrN3O. The van der Waals surface area contributed by atoms with Gasteiger partial charge in [-0.1, -0.05) is 15.9 Å². The number of rotatable bonds is 5. The maximum atomic E-state index is 5.99. The highest BCUT2D eigenvalue weighted by atomic mass is 79.9. The first kappa shape index (κ1) is 15.1. The number of hydrogen-bond donors (Lipinski definition) is 1. The minimum absolute atomic E-state index is 0.101. The summed E-state index contributed by atoms with van der Waals surface area (Å²) < 4.78 is 8.82. The minimum Gasteiger partial charge on any atom is -0.488 e. The molecule has 0 bridgehead atoms. The lowest BCUT2D eigenvalue weighted by Crippen LogP contribution is -2.18. The zero-order valence-electron chi connectivity index (χ0n) is 12.1. The van der Waals surface area contributed by atoms with Crippen molar-refractivity contribution in [1.29, 1.82) is 0 Å². The Morgan fingerprint density at radius 1 is 1.45 bits per heavy atom. The molecule has 0 aliphatic rings. The molecule has 20 heavy (non-hydrogen) atoms. The lowest BCUT2D eigenvalue weighted by molar-refractivity contribution is 0.300. The van der Waals surface area contributed by atoms with Crippen molar-refractivity contribution in [3.05, 3.63) is 45.7 Å². The number of nitrogens with zero attached hydrogens (tertiary/aromatic N) is 2. The lowest BCUT2D eigenvalue weighted by atomic mass is 10.0. The fourth-order valence-corrected chi connectivity index (χ4v) is 2.83. The molecule has 0 aliphatic heterocycles. The second-order valence-electron chi connectivity index (χ2n) is 5.20. The van der Waals surface area contributed by atoms with Gasteiger partial charge in [0.05, 0.1) is 6.20 Å². The average molecular weight is 338 g/mol. The molecule has 0 saturated heterocycles. The van der Waals surface area contributed by atoms with Gasteiger partial charge in [0.25, 0.3) is 0 Å². The third kappa shape index (κ3) is 3.84. The van der Waals surface area contributed by atoms with Gasteiger partial charge in [0, 0.05) is 29.3 Å². The van der Waals surface area contributed by atoms with Crippen LogP contribution in [-0.2, 0) is 20.1 Å². The summed E-state index contributed by atoms with van der Waals surface area (Å²) in [7, 11) is 1.90. The Kier molecular flexibility index (Phi) is 4.83. The van der Waals surface area contributed by atoms with Crippen molar-refractivity contribution >= 4 is 15.9 Å². The quantitative estimate of drug-likeness (QED) is 0.912. The van der Waals surface area contributed by atoms with E-state index >= 15 is 0 Å². The van der Waals surface area contributed by atoms with E-state index in [1.807, 2.05) is 33.3 Å². The van der Waals surface area contributed by atoms with E-state index in [2.05, 4.69) is 33.2 Å². The normalized spacial score (nSPS) is 12.4. The summed E-state index contributed by atoms with van der Waals surface area (Å²) in [6.07, 6.45) is 4.57. The summed E-state index contributed by atoms with van der Waals surface area (Å²) in [6.45, 7) is 4.57. The Bertz CT molecular complexity index is 593. The van der Waals surface area contributed by atoms with Gasteiger partial charge in [0.1, 0.15) is 12.4 Å². The van der Waals surface area contributed by atoms with Crippen LogP contribution in [0.2, 0.25) is 0 Å². The molecule has 108 valence electrons. The molecule has 2 rings (SSSR count). The van der Waals surface area contributed by atoms with E-state index in [0.29, 0.717) is 6.61 Å². The van der Waals surface area contributed by atoms with Crippen LogP contribution < -0.4 is 10.5 Å². The Labute approximate surface area is 128 Å². The summed E-state index contributed by atoms with van der Waals surface area (Å²) in [5.74, 6) is 0.925. The van der Waals surface area contributed by atoms with Gasteiger partial charge in [-0.15, -0.1) is 0 Å². The van der Waals surface area contributed by atoms with Gasteiger partial charge in [-0.05, 0) is 43.5 Å². The first-order valence-electron chi connectivity index (χ1n) is 6.60. The van der Waals surface area contributed by atoms with E-state index in [9.17, 15) is 0 Å². The molecule has 0 spiro atoms. The van der Waals surface area contributed by atoms with Crippen molar-refractivity contribution in [1.82, 2.24) is 9.78 Å². The number of benzene rings is 1. The molecule has 0 fully saturated rings. The van der Waals surface area contributed by atoms with Crippen molar-refractivity contribution in [2.75, 3.05) is 0 Å².